The predicted octanol–water partition coefficient (Wildman–Crippen LogP) is 7.28. The average molecular weight is 540 g/mol. The molecule has 38 heavy (non-hydrogen) atoms. The second kappa shape index (κ2) is 10.7. The summed E-state index contributed by atoms with van der Waals surface area (Å²) in [5, 5.41) is 0.789. The lowest BCUT2D eigenvalue weighted by Crippen LogP contribution is -2.32. The molecule has 1 fully saturated rings. The van der Waals surface area contributed by atoms with E-state index in [4.69, 9.17) is 9.72 Å². The molecule has 0 saturated heterocycles. The highest BCUT2D eigenvalue weighted by molar-refractivity contribution is 5.82. The van der Waals surface area contributed by atoms with Crippen molar-refractivity contribution in [1.29, 1.82) is 0 Å². The van der Waals surface area contributed by atoms with E-state index in [2.05, 4.69) is 4.90 Å². The van der Waals surface area contributed by atoms with Crippen molar-refractivity contribution in [3.63, 3.8) is 0 Å². The Morgan fingerprint density at radius 2 is 1.61 bits per heavy atom. The number of methoxy groups -OCH3 is 1. The number of halogens is 6. The molecule has 204 valence electrons. The van der Waals surface area contributed by atoms with E-state index in [1.807, 2.05) is 37.3 Å². The van der Waals surface area contributed by atoms with Gasteiger partial charge < -0.3 is 9.64 Å². The van der Waals surface area contributed by atoms with E-state index in [1.165, 1.54) is 0 Å². The molecule has 0 aliphatic heterocycles. The van der Waals surface area contributed by atoms with Crippen LogP contribution in [-0.2, 0) is 30.2 Å². The van der Waals surface area contributed by atoms with Crippen molar-refractivity contribution in [2.45, 2.75) is 45.2 Å². The molecule has 0 bridgehead atoms. The molecule has 1 amide bonds. The Morgan fingerprint density at radius 1 is 0.974 bits per heavy atom. The van der Waals surface area contributed by atoms with Gasteiger partial charge in [-0.1, -0.05) is 18.2 Å². The van der Waals surface area contributed by atoms with Crippen molar-refractivity contribution in [3.8, 4) is 0 Å². The fourth-order valence-corrected chi connectivity index (χ4v) is 4.37. The molecule has 4 rings (SSSR count). The minimum Gasteiger partial charge on any atom is -0.453 e. The summed E-state index contributed by atoms with van der Waals surface area (Å²) in [4.78, 5) is 20.7. The summed E-state index contributed by atoms with van der Waals surface area (Å²) in [7, 11) is 1.10. The first-order valence-electron chi connectivity index (χ1n) is 12.1. The Morgan fingerprint density at radius 3 is 2.16 bits per heavy atom. The molecule has 1 aliphatic rings. The minimum atomic E-state index is -4.99. The highest BCUT2D eigenvalue weighted by atomic mass is 19.4. The van der Waals surface area contributed by atoms with Crippen LogP contribution in [0.2, 0.25) is 0 Å². The van der Waals surface area contributed by atoms with Crippen molar-refractivity contribution >= 4 is 22.8 Å². The van der Waals surface area contributed by atoms with Crippen LogP contribution in [0.4, 0.5) is 37.0 Å². The Labute approximate surface area is 216 Å². The van der Waals surface area contributed by atoms with Crippen LogP contribution >= 0.6 is 0 Å². The van der Waals surface area contributed by atoms with Gasteiger partial charge in [0.2, 0.25) is 0 Å². The van der Waals surface area contributed by atoms with Crippen LogP contribution in [-0.4, -0.2) is 36.2 Å². The first-order chi connectivity index (χ1) is 17.9. The molecule has 5 nitrogen and oxygen atoms in total. The van der Waals surface area contributed by atoms with Crippen molar-refractivity contribution in [3.05, 3.63) is 70.8 Å². The van der Waals surface area contributed by atoms with E-state index < -0.39 is 36.1 Å². The predicted molar refractivity (Wildman–Crippen MR) is 130 cm³/mol. The highest BCUT2D eigenvalue weighted by Crippen LogP contribution is 2.37. The largest absolute Gasteiger partial charge is 0.453 e. The molecule has 0 spiro atoms. The van der Waals surface area contributed by atoms with Crippen LogP contribution in [0, 0.1) is 5.92 Å². The summed E-state index contributed by atoms with van der Waals surface area (Å²) in [6, 6.07) is 10.5. The van der Waals surface area contributed by atoms with E-state index in [0.717, 1.165) is 42.3 Å². The summed E-state index contributed by atoms with van der Waals surface area (Å²) in [5.74, 6) is 1.14. The Balaban J connectivity index is 1.75. The second-order valence-electron chi connectivity index (χ2n) is 9.39. The summed E-state index contributed by atoms with van der Waals surface area (Å²) in [5.41, 5.74) is -1.86. The smallest absolute Gasteiger partial charge is 0.416 e. The Hall–Kier alpha value is -3.50. The second-order valence-corrected chi connectivity index (χ2v) is 9.39. The van der Waals surface area contributed by atoms with Gasteiger partial charge in [0, 0.05) is 30.6 Å². The number of fused-ring (bicyclic) bond motifs is 1. The maximum atomic E-state index is 13.4. The van der Waals surface area contributed by atoms with Gasteiger partial charge in [0.1, 0.15) is 5.82 Å². The molecule has 1 saturated carbocycles. The monoisotopic (exact) mass is 539 g/mol. The number of amides is 1. The topological polar surface area (TPSA) is 45.7 Å². The van der Waals surface area contributed by atoms with Crippen LogP contribution in [0.3, 0.4) is 0 Å². The third-order valence-electron chi connectivity index (χ3n) is 6.45. The normalized spacial score (nSPS) is 14.0. The van der Waals surface area contributed by atoms with Gasteiger partial charge in [-0.25, -0.2) is 9.78 Å². The van der Waals surface area contributed by atoms with E-state index in [0.29, 0.717) is 36.0 Å². The summed E-state index contributed by atoms with van der Waals surface area (Å²) >= 11 is 0. The summed E-state index contributed by atoms with van der Waals surface area (Å²) < 4.78 is 85.2. The first-order valence-corrected chi connectivity index (χ1v) is 12.1. The van der Waals surface area contributed by atoms with Gasteiger partial charge >= 0.3 is 18.4 Å². The number of hydrogen-bond acceptors (Lipinski definition) is 4. The number of pyridine rings is 1. The number of carbonyl (C=O) groups excluding carboxylic acids is 1. The zero-order chi connectivity index (χ0) is 27.7. The van der Waals surface area contributed by atoms with E-state index in [-0.39, 0.29) is 18.2 Å². The number of para-hydroxylation sites is 1. The average Bonchev–Trinajstić information content (AvgIpc) is 3.69. The lowest BCUT2D eigenvalue weighted by atomic mass is 10.0. The quantitative estimate of drug-likeness (QED) is 0.282. The lowest BCUT2D eigenvalue weighted by Gasteiger charge is -2.28. The summed E-state index contributed by atoms with van der Waals surface area (Å²) in [6.45, 7) is 2.72. The fourth-order valence-electron chi connectivity index (χ4n) is 4.37. The standard InChI is InChI=1S/C27H27F6N3O2/c1-3-35(14-17-8-9-17)24-20(12-19-6-4-5-7-23(19)34-24)16-36(25(37)38-2)15-18-10-21(26(28,29)30)13-22(11-18)27(31,32)33/h4-7,10-13,17H,3,8-9,14-16H2,1-2H3. The Kier molecular flexibility index (Phi) is 7.75. The van der Waals surface area contributed by atoms with Crippen LogP contribution in [0.5, 0.6) is 0 Å². The van der Waals surface area contributed by atoms with Crippen LogP contribution in [0.25, 0.3) is 10.9 Å². The number of anilines is 1. The zero-order valence-corrected chi connectivity index (χ0v) is 20.9. The number of benzene rings is 2. The van der Waals surface area contributed by atoms with Crippen molar-refractivity contribution in [2.24, 2.45) is 5.92 Å². The number of hydrogen-bond donors (Lipinski definition) is 0. The van der Waals surface area contributed by atoms with Crippen LogP contribution < -0.4 is 4.90 Å². The molecule has 1 heterocycles. The first kappa shape index (κ1) is 27.5. The Bertz CT molecular complexity index is 1270. The van der Waals surface area contributed by atoms with Gasteiger partial charge in [0.05, 0.1) is 30.3 Å². The molecule has 0 radical (unpaired) electrons. The van der Waals surface area contributed by atoms with E-state index in [9.17, 15) is 31.1 Å². The number of aromatic nitrogens is 1. The number of ether oxygens (including phenoxy) is 1. The third kappa shape index (κ3) is 6.49. The highest BCUT2D eigenvalue weighted by Gasteiger charge is 2.37. The van der Waals surface area contributed by atoms with Gasteiger partial charge in [-0.05, 0) is 61.6 Å². The molecular weight excluding hydrogens is 512 g/mol. The van der Waals surface area contributed by atoms with Gasteiger partial charge in [0.15, 0.2) is 0 Å². The minimum absolute atomic E-state index is 0.0638. The molecule has 0 unspecified atom stereocenters. The van der Waals surface area contributed by atoms with Gasteiger partial charge in [-0.15, -0.1) is 0 Å². The van der Waals surface area contributed by atoms with Gasteiger partial charge in [0.25, 0.3) is 0 Å². The molecule has 0 N–H and O–H groups in total. The zero-order valence-electron chi connectivity index (χ0n) is 20.9. The van der Waals surface area contributed by atoms with Crippen molar-refractivity contribution in [2.75, 3.05) is 25.1 Å². The maximum absolute atomic E-state index is 13.4. The lowest BCUT2D eigenvalue weighted by molar-refractivity contribution is -0.143. The third-order valence-corrected chi connectivity index (χ3v) is 6.45. The van der Waals surface area contributed by atoms with E-state index in [1.54, 1.807) is 0 Å². The molecule has 1 aliphatic carbocycles. The molecule has 2 aromatic carbocycles. The molecule has 11 heteroatoms. The number of carbonyl (C=O) groups is 1. The molecule has 1 aromatic heterocycles. The number of alkyl halides is 6. The van der Waals surface area contributed by atoms with Crippen LogP contribution in [0.15, 0.2) is 48.5 Å². The van der Waals surface area contributed by atoms with Crippen LogP contribution in [0.1, 0.15) is 42.0 Å². The number of nitrogens with zero attached hydrogens (tertiary/aromatic N) is 3. The maximum Gasteiger partial charge on any atom is 0.416 e. The van der Waals surface area contributed by atoms with Gasteiger partial charge in [-0.2, -0.15) is 26.3 Å². The van der Waals surface area contributed by atoms with Gasteiger partial charge in [-0.3, -0.25) is 4.90 Å². The summed E-state index contributed by atoms with van der Waals surface area (Å²) in [6.07, 6.45) is -8.67. The van der Waals surface area contributed by atoms with Crippen molar-refractivity contribution in [1.82, 2.24) is 9.88 Å². The van der Waals surface area contributed by atoms with Crippen molar-refractivity contribution < 1.29 is 35.9 Å². The molecule has 0 atom stereocenters. The molecule has 3 aromatic rings. The number of rotatable bonds is 8. The van der Waals surface area contributed by atoms with E-state index >= 15 is 0 Å². The SMILES string of the molecule is CCN(CC1CC1)c1nc2ccccc2cc1CN(Cc1cc(C(F)(F)F)cc(C(F)(F)F)c1)C(=O)OC. The molecular formula is C27H27F6N3O2. The fraction of sp³-hybridized carbons (Fsp3) is 0.407.